The lowest BCUT2D eigenvalue weighted by Gasteiger charge is -2.31. The van der Waals surface area contributed by atoms with Gasteiger partial charge in [0.05, 0.1) is 0 Å². The van der Waals surface area contributed by atoms with Crippen molar-refractivity contribution in [1.82, 2.24) is 0 Å². The van der Waals surface area contributed by atoms with Gasteiger partial charge >= 0.3 is 0 Å². The van der Waals surface area contributed by atoms with Gasteiger partial charge in [-0.1, -0.05) is 34.1 Å². The third-order valence-corrected chi connectivity index (χ3v) is 3.77. The topological polar surface area (TPSA) is 9.23 Å². The minimum absolute atomic E-state index is 0.230. The molecular weight excluding hydrogens is 196 g/mol. The second-order valence-electron chi connectivity index (χ2n) is 4.66. The van der Waals surface area contributed by atoms with Crippen LogP contribution in [0.1, 0.15) is 47.0 Å². The Morgan fingerprint density at radius 1 is 1.29 bits per heavy atom. The molecule has 86 valence electrons. The van der Waals surface area contributed by atoms with Gasteiger partial charge in [0.1, 0.15) is 0 Å². The minimum Gasteiger partial charge on any atom is -0.381 e. The van der Waals surface area contributed by atoms with Crippen molar-refractivity contribution in [3.05, 3.63) is 0 Å². The number of ether oxygens (including phenoxy) is 1. The van der Waals surface area contributed by atoms with E-state index in [0.29, 0.717) is 5.92 Å². The number of halogens is 1. The summed E-state index contributed by atoms with van der Waals surface area (Å²) in [6.07, 6.45) is 3.44. The Balaban J connectivity index is 3.63. The van der Waals surface area contributed by atoms with E-state index in [4.69, 9.17) is 16.3 Å². The zero-order valence-corrected chi connectivity index (χ0v) is 10.9. The maximum atomic E-state index is 5.99. The van der Waals surface area contributed by atoms with E-state index in [0.717, 1.165) is 25.5 Å². The largest absolute Gasteiger partial charge is 0.381 e. The standard InChI is InChI=1S/C12H25ClO/c1-5-6-8-14-9-7-12(4,10-13)11(2)3/h11H,5-10H2,1-4H3. The van der Waals surface area contributed by atoms with E-state index < -0.39 is 0 Å². The molecule has 0 saturated heterocycles. The lowest BCUT2D eigenvalue weighted by atomic mass is 9.78. The molecule has 0 amide bonds. The van der Waals surface area contributed by atoms with Gasteiger partial charge in [-0.2, -0.15) is 0 Å². The van der Waals surface area contributed by atoms with Crippen LogP contribution in [-0.2, 0) is 4.74 Å². The highest BCUT2D eigenvalue weighted by atomic mass is 35.5. The summed E-state index contributed by atoms with van der Waals surface area (Å²) in [5.41, 5.74) is 0.230. The number of hydrogen-bond acceptors (Lipinski definition) is 1. The quantitative estimate of drug-likeness (QED) is 0.442. The van der Waals surface area contributed by atoms with Crippen LogP contribution in [0.3, 0.4) is 0 Å². The predicted molar refractivity (Wildman–Crippen MR) is 64.0 cm³/mol. The van der Waals surface area contributed by atoms with Crippen molar-refractivity contribution in [3.63, 3.8) is 0 Å². The molecule has 0 radical (unpaired) electrons. The second kappa shape index (κ2) is 7.53. The number of alkyl halides is 1. The molecule has 0 N–H and O–H groups in total. The molecule has 0 aromatic heterocycles. The van der Waals surface area contributed by atoms with E-state index in [9.17, 15) is 0 Å². The molecule has 0 aliphatic heterocycles. The molecule has 0 spiro atoms. The van der Waals surface area contributed by atoms with Crippen molar-refractivity contribution in [2.45, 2.75) is 47.0 Å². The van der Waals surface area contributed by atoms with Crippen molar-refractivity contribution in [3.8, 4) is 0 Å². The van der Waals surface area contributed by atoms with E-state index in [1.807, 2.05) is 0 Å². The SMILES string of the molecule is CCCCOCCC(C)(CCl)C(C)C. The van der Waals surface area contributed by atoms with Crippen molar-refractivity contribution >= 4 is 11.6 Å². The molecule has 1 unspecified atom stereocenters. The first kappa shape index (κ1) is 14.2. The van der Waals surface area contributed by atoms with Gasteiger partial charge in [-0.25, -0.2) is 0 Å². The second-order valence-corrected chi connectivity index (χ2v) is 4.93. The summed E-state index contributed by atoms with van der Waals surface area (Å²) < 4.78 is 5.56. The molecule has 0 saturated carbocycles. The average molecular weight is 221 g/mol. The third kappa shape index (κ3) is 5.21. The van der Waals surface area contributed by atoms with E-state index in [-0.39, 0.29) is 5.41 Å². The molecule has 2 heteroatoms. The fraction of sp³-hybridized carbons (Fsp3) is 1.00. The maximum absolute atomic E-state index is 5.99. The van der Waals surface area contributed by atoms with Gasteiger partial charge in [0.2, 0.25) is 0 Å². The Hall–Kier alpha value is 0.250. The number of unbranched alkanes of at least 4 members (excludes halogenated alkanes) is 1. The summed E-state index contributed by atoms with van der Waals surface area (Å²) in [5, 5.41) is 0. The van der Waals surface area contributed by atoms with E-state index in [1.165, 1.54) is 12.8 Å². The molecule has 0 aliphatic carbocycles. The molecule has 0 aliphatic rings. The number of rotatable bonds is 8. The number of hydrogen-bond donors (Lipinski definition) is 0. The molecule has 0 aromatic rings. The van der Waals surface area contributed by atoms with Gasteiger partial charge in [0.15, 0.2) is 0 Å². The van der Waals surface area contributed by atoms with Gasteiger partial charge in [0.25, 0.3) is 0 Å². The highest BCUT2D eigenvalue weighted by Gasteiger charge is 2.26. The zero-order chi connectivity index (χ0) is 11.0. The van der Waals surface area contributed by atoms with E-state index >= 15 is 0 Å². The van der Waals surface area contributed by atoms with Gasteiger partial charge < -0.3 is 4.74 Å². The Kier molecular flexibility index (Phi) is 7.66. The lowest BCUT2D eigenvalue weighted by molar-refractivity contribution is 0.0876. The molecule has 0 fully saturated rings. The minimum atomic E-state index is 0.230. The zero-order valence-electron chi connectivity index (χ0n) is 10.1. The van der Waals surface area contributed by atoms with Crippen LogP contribution in [0.5, 0.6) is 0 Å². The molecule has 0 aromatic carbocycles. The Bertz CT molecular complexity index is 136. The van der Waals surface area contributed by atoms with Crippen LogP contribution < -0.4 is 0 Å². The molecule has 1 atom stereocenters. The summed E-state index contributed by atoms with van der Waals surface area (Å²) in [5.74, 6) is 1.34. The predicted octanol–water partition coefficient (Wildman–Crippen LogP) is 4.09. The summed E-state index contributed by atoms with van der Waals surface area (Å²) >= 11 is 5.99. The third-order valence-electron chi connectivity index (χ3n) is 3.16. The van der Waals surface area contributed by atoms with Gasteiger partial charge in [-0.3, -0.25) is 0 Å². The Morgan fingerprint density at radius 3 is 2.36 bits per heavy atom. The van der Waals surface area contributed by atoms with Crippen LogP contribution in [0.2, 0.25) is 0 Å². The highest BCUT2D eigenvalue weighted by Crippen LogP contribution is 2.32. The fourth-order valence-electron chi connectivity index (χ4n) is 1.16. The smallest absolute Gasteiger partial charge is 0.0471 e. The first-order chi connectivity index (χ1) is 6.56. The summed E-state index contributed by atoms with van der Waals surface area (Å²) in [7, 11) is 0. The van der Waals surface area contributed by atoms with E-state index in [1.54, 1.807) is 0 Å². The fourth-order valence-corrected chi connectivity index (χ4v) is 1.61. The molecule has 0 bridgehead atoms. The first-order valence-corrected chi connectivity index (χ1v) is 6.24. The molecular formula is C12H25ClO. The Labute approximate surface area is 94.2 Å². The monoisotopic (exact) mass is 220 g/mol. The summed E-state index contributed by atoms with van der Waals surface area (Å²) in [4.78, 5) is 0. The van der Waals surface area contributed by atoms with Gasteiger partial charge in [0, 0.05) is 19.1 Å². The average Bonchev–Trinajstić information content (AvgIpc) is 2.17. The van der Waals surface area contributed by atoms with Crippen LogP contribution in [0.25, 0.3) is 0 Å². The van der Waals surface area contributed by atoms with Crippen molar-refractivity contribution in [1.29, 1.82) is 0 Å². The van der Waals surface area contributed by atoms with Crippen LogP contribution in [0.4, 0.5) is 0 Å². The lowest BCUT2D eigenvalue weighted by Crippen LogP contribution is -2.27. The van der Waals surface area contributed by atoms with Crippen LogP contribution in [0, 0.1) is 11.3 Å². The maximum Gasteiger partial charge on any atom is 0.0471 e. The molecule has 14 heavy (non-hydrogen) atoms. The van der Waals surface area contributed by atoms with Crippen molar-refractivity contribution < 1.29 is 4.74 Å². The highest BCUT2D eigenvalue weighted by molar-refractivity contribution is 6.18. The van der Waals surface area contributed by atoms with E-state index in [2.05, 4.69) is 27.7 Å². The molecule has 0 heterocycles. The van der Waals surface area contributed by atoms with Crippen molar-refractivity contribution in [2.75, 3.05) is 19.1 Å². The van der Waals surface area contributed by atoms with Crippen LogP contribution in [-0.4, -0.2) is 19.1 Å². The summed E-state index contributed by atoms with van der Waals surface area (Å²) in [6.45, 7) is 10.6. The normalized spacial score (nSPS) is 15.9. The van der Waals surface area contributed by atoms with Crippen LogP contribution >= 0.6 is 11.6 Å². The summed E-state index contributed by atoms with van der Waals surface area (Å²) in [6, 6.07) is 0. The molecule has 0 rings (SSSR count). The van der Waals surface area contributed by atoms with Crippen LogP contribution in [0.15, 0.2) is 0 Å². The van der Waals surface area contributed by atoms with Gasteiger partial charge in [-0.15, -0.1) is 11.6 Å². The van der Waals surface area contributed by atoms with Crippen molar-refractivity contribution in [2.24, 2.45) is 11.3 Å². The van der Waals surface area contributed by atoms with Gasteiger partial charge in [-0.05, 0) is 24.2 Å². The first-order valence-electron chi connectivity index (χ1n) is 5.70. The molecule has 1 nitrogen and oxygen atoms in total. The Morgan fingerprint density at radius 2 is 1.93 bits per heavy atom.